The molecule has 0 amide bonds. The first-order chi connectivity index (χ1) is 4.76. The van der Waals surface area contributed by atoms with Crippen LogP contribution in [0.1, 0.15) is 40.0 Å². The van der Waals surface area contributed by atoms with Gasteiger partial charge in [0.1, 0.15) is 0 Å². The molecule has 0 aromatic carbocycles. The Bertz CT molecular complexity index is 71.1. The van der Waals surface area contributed by atoms with Crippen LogP contribution in [0.2, 0.25) is 0 Å². The average Bonchev–Trinajstić information content (AvgIpc) is 1.99. The Balaban J connectivity index is 3.56. The van der Waals surface area contributed by atoms with Crippen LogP contribution in [0.4, 0.5) is 0 Å². The molecule has 0 saturated carbocycles. The average molecular weight is 143 g/mol. The predicted octanol–water partition coefficient (Wildman–Crippen LogP) is 2.52. The third-order valence-corrected chi connectivity index (χ3v) is 2.22. The van der Waals surface area contributed by atoms with E-state index in [1.165, 1.54) is 25.8 Å². The second-order valence-electron chi connectivity index (χ2n) is 2.92. The molecule has 0 heterocycles. The van der Waals surface area contributed by atoms with Crippen molar-refractivity contribution >= 4 is 0 Å². The molecule has 0 aromatic rings. The lowest BCUT2D eigenvalue weighted by Gasteiger charge is -2.25. The summed E-state index contributed by atoms with van der Waals surface area (Å²) in [6.07, 6.45) is 3.95. The molecule has 0 spiro atoms. The van der Waals surface area contributed by atoms with E-state index in [1.54, 1.807) is 0 Å². The summed E-state index contributed by atoms with van der Waals surface area (Å²) >= 11 is 0. The van der Waals surface area contributed by atoms with Gasteiger partial charge < -0.3 is 4.90 Å². The molecule has 0 rings (SSSR count). The molecular weight excluding hydrogens is 122 g/mol. The first-order valence-electron chi connectivity index (χ1n) is 4.46. The maximum absolute atomic E-state index is 2.43. The smallest absolute Gasteiger partial charge is 0.00893 e. The van der Waals surface area contributed by atoms with E-state index in [0.29, 0.717) is 0 Å². The minimum Gasteiger partial charge on any atom is -0.304 e. The molecule has 0 aliphatic rings. The first-order valence-corrected chi connectivity index (χ1v) is 4.46. The highest BCUT2D eigenvalue weighted by atomic mass is 15.1. The molecule has 0 fully saturated rings. The third kappa shape index (κ3) is 3.21. The Labute approximate surface area is 65.4 Å². The Morgan fingerprint density at radius 2 is 1.80 bits per heavy atom. The SMILES string of the molecule is CCCC(CC)N(C)CC. The standard InChI is InChI=1S/C9H21N/c1-5-8-9(6-2)10(4)7-3/h9H,5-8H2,1-4H3. The Morgan fingerprint density at radius 3 is 2.10 bits per heavy atom. The topological polar surface area (TPSA) is 3.24 Å². The van der Waals surface area contributed by atoms with Crippen LogP contribution in [0.25, 0.3) is 0 Å². The highest BCUT2D eigenvalue weighted by Crippen LogP contribution is 2.07. The maximum Gasteiger partial charge on any atom is 0.00893 e. The highest BCUT2D eigenvalue weighted by Gasteiger charge is 2.08. The summed E-state index contributed by atoms with van der Waals surface area (Å²) in [7, 11) is 2.21. The van der Waals surface area contributed by atoms with Crippen molar-refractivity contribution in [2.75, 3.05) is 13.6 Å². The van der Waals surface area contributed by atoms with Crippen molar-refractivity contribution in [1.29, 1.82) is 0 Å². The Hall–Kier alpha value is -0.0400. The van der Waals surface area contributed by atoms with Crippen molar-refractivity contribution < 1.29 is 0 Å². The number of rotatable bonds is 5. The lowest BCUT2D eigenvalue weighted by Crippen LogP contribution is -2.30. The predicted molar refractivity (Wildman–Crippen MR) is 47.3 cm³/mol. The van der Waals surface area contributed by atoms with Gasteiger partial charge in [-0.1, -0.05) is 27.2 Å². The molecule has 10 heavy (non-hydrogen) atoms. The molecule has 0 radical (unpaired) electrons. The summed E-state index contributed by atoms with van der Waals surface area (Å²) in [6.45, 7) is 7.93. The zero-order valence-corrected chi connectivity index (χ0v) is 7.85. The van der Waals surface area contributed by atoms with E-state index in [1.807, 2.05) is 0 Å². The zero-order valence-electron chi connectivity index (χ0n) is 7.85. The third-order valence-electron chi connectivity index (χ3n) is 2.22. The van der Waals surface area contributed by atoms with E-state index in [-0.39, 0.29) is 0 Å². The van der Waals surface area contributed by atoms with Crippen molar-refractivity contribution in [3.05, 3.63) is 0 Å². The number of nitrogens with zero attached hydrogens (tertiary/aromatic N) is 1. The monoisotopic (exact) mass is 143 g/mol. The van der Waals surface area contributed by atoms with Crippen LogP contribution >= 0.6 is 0 Å². The van der Waals surface area contributed by atoms with Crippen molar-refractivity contribution in [2.24, 2.45) is 0 Å². The molecule has 0 N–H and O–H groups in total. The normalized spacial score (nSPS) is 14.1. The van der Waals surface area contributed by atoms with Crippen molar-refractivity contribution in [1.82, 2.24) is 4.90 Å². The van der Waals surface area contributed by atoms with Gasteiger partial charge in [-0.15, -0.1) is 0 Å². The summed E-state index contributed by atoms with van der Waals surface area (Å²) in [5, 5.41) is 0. The summed E-state index contributed by atoms with van der Waals surface area (Å²) in [5.74, 6) is 0. The molecule has 0 aromatic heterocycles. The minimum absolute atomic E-state index is 0.815. The zero-order chi connectivity index (χ0) is 7.98. The summed E-state index contributed by atoms with van der Waals surface area (Å²) in [6, 6.07) is 0.815. The van der Waals surface area contributed by atoms with Crippen LogP contribution in [-0.4, -0.2) is 24.5 Å². The van der Waals surface area contributed by atoms with Crippen LogP contribution in [0.3, 0.4) is 0 Å². The van der Waals surface area contributed by atoms with Crippen LogP contribution in [-0.2, 0) is 0 Å². The fourth-order valence-electron chi connectivity index (χ4n) is 1.33. The highest BCUT2D eigenvalue weighted by molar-refractivity contribution is 4.64. The molecule has 0 aliphatic carbocycles. The summed E-state index contributed by atoms with van der Waals surface area (Å²) in [4.78, 5) is 2.43. The lowest BCUT2D eigenvalue weighted by molar-refractivity contribution is 0.234. The molecule has 1 heteroatoms. The molecule has 0 aliphatic heterocycles. The number of hydrogen-bond acceptors (Lipinski definition) is 1. The molecule has 1 nitrogen and oxygen atoms in total. The van der Waals surface area contributed by atoms with Crippen LogP contribution < -0.4 is 0 Å². The Kier molecular flexibility index (Phi) is 5.70. The van der Waals surface area contributed by atoms with Gasteiger partial charge in [-0.05, 0) is 26.4 Å². The quantitative estimate of drug-likeness (QED) is 0.571. The summed E-state index contributed by atoms with van der Waals surface area (Å²) < 4.78 is 0. The van der Waals surface area contributed by atoms with Gasteiger partial charge in [0.05, 0.1) is 0 Å². The second kappa shape index (κ2) is 5.72. The van der Waals surface area contributed by atoms with Crippen LogP contribution in [0, 0.1) is 0 Å². The van der Waals surface area contributed by atoms with E-state index in [2.05, 4.69) is 32.7 Å². The second-order valence-corrected chi connectivity index (χ2v) is 2.92. The fourth-order valence-corrected chi connectivity index (χ4v) is 1.33. The van der Waals surface area contributed by atoms with Crippen LogP contribution in [0.15, 0.2) is 0 Å². The van der Waals surface area contributed by atoms with Gasteiger partial charge in [0.2, 0.25) is 0 Å². The van der Waals surface area contributed by atoms with Crippen molar-refractivity contribution in [3.63, 3.8) is 0 Å². The largest absolute Gasteiger partial charge is 0.304 e. The lowest BCUT2D eigenvalue weighted by atomic mass is 10.1. The van der Waals surface area contributed by atoms with Gasteiger partial charge in [-0.2, -0.15) is 0 Å². The molecule has 62 valence electrons. The van der Waals surface area contributed by atoms with Gasteiger partial charge in [-0.3, -0.25) is 0 Å². The first kappa shape index (κ1) is 9.96. The molecule has 1 unspecified atom stereocenters. The van der Waals surface area contributed by atoms with E-state index in [0.717, 1.165) is 6.04 Å². The summed E-state index contributed by atoms with van der Waals surface area (Å²) in [5.41, 5.74) is 0. The Morgan fingerprint density at radius 1 is 1.20 bits per heavy atom. The van der Waals surface area contributed by atoms with Crippen molar-refractivity contribution in [2.45, 2.75) is 46.1 Å². The van der Waals surface area contributed by atoms with Gasteiger partial charge in [0.15, 0.2) is 0 Å². The minimum atomic E-state index is 0.815. The fraction of sp³-hybridized carbons (Fsp3) is 1.00. The molecule has 0 saturated heterocycles. The van der Waals surface area contributed by atoms with E-state index >= 15 is 0 Å². The van der Waals surface area contributed by atoms with E-state index in [4.69, 9.17) is 0 Å². The van der Waals surface area contributed by atoms with Gasteiger partial charge in [0.25, 0.3) is 0 Å². The van der Waals surface area contributed by atoms with Gasteiger partial charge in [0, 0.05) is 6.04 Å². The molecular formula is C9H21N. The van der Waals surface area contributed by atoms with Crippen molar-refractivity contribution in [3.8, 4) is 0 Å². The maximum atomic E-state index is 2.43. The van der Waals surface area contributed by atoms with Gasteiger partial charge in [-0.25, -0.2) is 0 Å². The van der Waals surface area contributed by atoms with E-state index < -0.39 is 0 Å². The van der Waals surface area contributed by atoms with Gasteiger partial charge >= 0.3 is 0 Å². The van der Waals surface area contributed by atoms with E-state index in [9.17, 15) is 0 Å². The van der Waals surface area contributed by atoms with Crippen LogP contribution in [0.5, 0.6) is 0 Å². The molecule has 1 atom stereocenters. The number of hydrogen-bond donors (Lipinski definition) is 0. The molecule has 0 bridgehead atoms.